The third kappa shape index (κ3) is 4.29. The molecule has 1 aliphatic carbocycles. The first-order valence-corrected chi connectivity index (χ1v) is 9.84. The highest BCUT2D eigenvalue weighted by Gasteiger charge is 2.44. The Morgan fingerprint density at radius 2 is 2.04 bits per heavy atom. The molecular weight excluding hydrogens is 452 g/mol. The lowest BCUT2D eigenvalue weighted by Crippen LogP contribution is -2.44. The van der Waals surface area contributed by atoms with Gasteiger partial charge < -0.3 is 14.6 Å². The molecule has 3 atom stereocenters. The predicted molar refractivity (Wildman–Crippen MR) is 105 cm³/mol. The zero-order valence-corrected chi connectivity index (χ0v) is 18.1. The first-order valence-electron chi connectivity index (χ1n) is 8.13. The van der Waals surface area contributed by atoms with Crippen molar-refractivity contribution in [3.63, 3.8) is 0 Å². The molecule has 0 saturated heterocycles. The van der Waals surface area contributed by atoms with Gasteiger partial charge in [-0.3, -0.25) is 4.79 Å². The Kier molecular flexibility index (Phi) is 6.39. The molecule has 0 unspecified atom stereocenters. The minimum atomic E-state index is -0.545. The van der Waals surface area contributed by atoms with Gasteiger partial charge in [0.15, 0.2) is 0 Å². The number of hydrogen-bond acceptors (Lipinski definition) is 4. The maximum atomic E-state index is 11.5. The standard InChI is InChI=1S/C19H24Br2O4/c1-10-13(19(3,4)18(21)9-15(10)23)6-12-7-17(24-5)14(20)8-16(12)25-11(2)22/h7-8,13,15,18,23H,1,6,9H2,2-5H3/t13-,15-,18-/m0/s1. The quantitative estimate of drug-likeness (QED) is 0.298. The fourth-order valence-corrected chi connectivity index (χ4v) is 4.49. The zero-order chi connectivity index (χ0) is 18.9. The van der Waals surface area contributed by atoms with Crippen LogP contribution in [0.25, 0.3) is 0 Å². The summed E-state index contributed by atoms with van der Waals surface area (Å²) in [4.78, 5) is 11.7. The van der Waals surface area contributed by atoms with Crippen molar-refractivity contribution in [2.24, 2.45) is 11.3 Å². The van der Waals surface area contributed by atoms with Crippen LogP contribution < -0.4 is 9.47 Å². The minimum Gasteiger partial charge on any atom is -0.496 e. The van der Waals surface area contributed by atoms with Gasteiger partial charge in [-0.05, 0) is 63.4 Å². The third-order valence-corrected chi connectivity index (χ3v) is 7.20. The molecule has 1 aromatic carbocycles. The number of ether oxygens (including phenoxy) is 2. The van der Waals surface area contributed by atoms with E-state index in [9.17, 15) is 9.90 Å². The van der Waals surface area contributed by atoms with E-state index in [1.807, 2.05) is 6.07 Å². The number of benzene rings is 1. The maximum absolute atomic E-state index is 11.5. The fourth-order valence-electron chi connectivity index (χ4n) is 3.34. The minimum absolute atomic E-state index is 0.0285. The summed E-state index contributed by atoms with van der Waals surface area (Å²) in [6, 6.07) is 3.62. The molecule has 1 aromatic rings. The van der Waals surface area contributed by atoms with E-state index in [1.54, 1.807) is 13.2 Å². The average Bonchev–Trinajstić information content (AvgIpc) is 2.51. The number of esters is 1. The Balaban J connectivity index is 2.46. The van der Waals surface area contributed by atoms with Gasteiger partial charge >= 0.3 is 5.97 Å². The van der Waals surface area contributed by atoms with E-state index < -0.39 is 6.10 Å². The van der Waals surface area contributed by atoms with E-state index in [2.05, 4.69) is 52.3 Å². The van der Waals surface area contributed by atoms with Crippen LogP contribution in [-0.2, 0) is 11.2 Å². The summed E-state index contributed by atoms with van der Waals surface area (Å²) in [7, 11) is 1.59. The summed E-state index contributed by atoms with van der Waals surface area (Å²) >= 11 is 7.14. The van der Waals surface area contributed by atoms with Crippen LogP contribution in [0.2, 0.25) is 0 Å². The average molecular weight is 476 g/mol. The molecule has 0 heterocycles. The summed E-state index contributed by atoms with van der Waals surface area (Å²) in [6.07, 6.45) is 0.692. The number of halogens is 2. The first-order chi connectivity index (χ1) is 11.6. The van der Waals surface area contributed by atoms with Crippen LogP contribution in [-0.4, -0.2) is 29.1 Å². The molecule has 4 nitrogen and oxygen atoms in total. The topological polar surface area (TPSA) is 55.8 Å². The monoisotopic (exact) mass is 474 g/mol. The third-order valence-electron chi connectivity index (χ3n) is 5.02. The van der Waals surface area contributed by atoms with Gasteiger partial charge in [-0.15, -0.1) is 0 Å². The smallest absolute Gasteiger partial charge is 0.308 e. The van der Waals surface area contributed by atoms with Crippen molar-refractivity contribution >= 4 is 37.8 Å². The van der Waals surface area contributed by atoms with Crippen molar-refractivity contribution in [1.82, 2.24) is 0 Å². The second-order valence-electron chi connectivity index (χ2n) is 7.06. The maximum Gasteiger partial charge on any atom is 0.308 e. The molecule has 1 aliphatic rings. The summed E-state index contributed by atoms with van der Waals surface area (Å²) in [5.41, 5.74) is 1.56. The van der Waals surface area contributed by atoms with Crippen LogP contribution in [0, 0.1) is 11.3 Å². The van der Waals surface area contributed by atoms with Gasteiger partial charge in [-0.25, -0.2) is 0 Å². The number of carbonyl (C=O) groups excluding carboxylic acids is 1. The van der Waals surface area contributed by atoms with Crippen molar-refractivity contribution < 1.29 is 19.4 Å². The van der Waals surface area contributed by atoms with Crippen molar-refractivity contribution in [2.75, 3.05) is 7.11 Å². The highest BCUT2D eigenvalue weighted by Crippen LogP contribution is 2.49. The Bertz CT molecular complexity index is 684. The second-order valence-corrected chi connectivity index (χ2v) is 9.02. The second kappa shape index (κ2) is 7.80. The molecule has 0 radical (unpaired) electrons. The van der Waals surface area contributed by atoms with Gasteiger partial charge in [0.25, 0.3) is 0 Å². The van der Waals surface area contributed by atoms with Gasteiger partial charge in [-0.1, -0.05) is 36.4 Å². The summed E-state index contributed by atoms with van der Waals surface area (Å²) < 4.78 is 11.5. The number of carbonyl (C=O) groups is 1. The zero-order valence-electron chi connectivity index (χ0n) is 14.9. The Labute approximate surface area is 165 Å². The predicted octanol–water partition coefficient (Wildman–Crippen LogP) is 4.65. The Morgan fingerprint density at radius 3 is 2.60 bits per heavy atom. The number of methoxy groups -OCH3 is 1. The molecule has 0 bridgehead atoms. The van der Waals surface area contributed by atoms with Gasteiger partial charge in [0.1, 0.15) is 11.5 Å². The molecule has 25 heavy (non-hydrogen) atoms. The molecule has 1 saturated carbocycles. The van der Waals surface area contributed by atoms with Crippen LogP contribution in [0.15, 0.2) is 28.8 Å². The van der Waals surface area contributed by atoms with Crippen LogP contribution in [0.3, 0.4) is 0 Å². The molecule has 1 N–H and O–H groups in total. The molecular formula is C19H24Br2O4. The van der Waals surface area contributed by atoms with Crippen LogP contribution in [0.1, 0.15) is 32.8 Å². The Hall–Kier alpha value is -0.850. The number of hydrogen-bond donors (Lipinski definition) is 1. The lowest BCUT2D eigenvalue weighted by Gasteiger charge is -2.46. The largest absolute Gasteiger partial charge is 0.496 e. The number of aliphatic hydroxyl groups is 1. The van der Waals surface area contributed by atoms with Gasteiger partial charge in [-0.2, -0.15) is 0 Å². The van der Waals surface area contributed by atoms with Crippen molar-refractivity contribution in [2.45, 2.75) is 44.5 Å². The first kappa shape index (κ1) is 20.5. The molecule has 0 spiro atoms. The van der Waals surface area contributed by atoms with E-state index in [1.165, 1.54) is 6.92 Å². The van der Waals surface area contributed by atoms with Crippen LogP contribution in [0.4, 0.5) is 0 Å². The van der Waals surface area contributed by atoms with E-state index in [0.717, 1.165) is 15.6 Å². The molecule has 0 aliphatic heterocycles. The number of alkyl halides is 1. The van der Waals surface area contributed by atoms with Gasteiger partial charge in [0.2, 0.25) is 0 Å². The Morgan fingerprint density at radius 1 is 1.40 bits per heavy atom. The lowest BCUT2D eigenvalue weighted by atomic mass is 9.63. The van der Waals surface area contributed by atoms with E-state index in [-0.39, 0.29) is 22.1 Å². The molecule has 2 rings (SSSR count). The van der Waals surface area contributed by atoms with Crippen molar-refractivity contribution in [3.8, 4) is 11.5 Å². The number of aliphatic hydroxyl groups excluding tert-OH is 1. The van der Waals surface area contributed by atoms with E-state index >= 15 is 0 Å². The van der Waals surface area contributed by atoms with Crippen molar-refractivity contribution in [1.29, 1.82) is 0 Å². The highest BCUT2D eigenvalue weighted by atomic mass is 79.9. The SMILES string of the molecule is C=C1[C@@H](O)C[C@H](Br)C(C)(C)[C@H]1Cc1cc(OC)c(Br)cc1OC(C)=O. The summed E-state index contributed by atoms with van der Waals surface area (Å²) in [5.74, 6) is 0.815. The van der Waals surface area contributed by atoms with Crippen LogP contribution >= 0.6 is 31.9 Å². The fraction of sp³-hybridized carbons (Fsp3) is 0.526. The molecule has 138 valence electrons. The van der Waals surface area contributed by atoms with Gasteiger partial charge in [0.05, 0.1) is 17.7 Å². The van der Waals surface area contributed by atoms with Crippen molar-refractivity contribution in [3.05, 3.63) is 34.3 Å². The number of rotatable bonds is 4. The summed E-state index contributed by atoms with van der Waals surface area (Å²) in [5, 5.41) is 10.3. The molecule has 6 heteroatoms. The normalized spacial score (nSPS) is 25.6. The molecule has 0 aromatic heterocycles. The van der Waals surface area contributed by atoms with E-state index in [4.69, 9.17) is 9.47 Å². The lowest BCUT2D eigenvalue weighted by molar-refractivity contribution is -0.131. The molecule has 1 fully saturated rings. The van der Waals surface area contributed by atoms with Crippen LogP contribution in [0.5, 0.6) is 11.5 Å². The van der Waals surface area contributed by atoms with E-state index in [0.29, 0.717) is 24.3 Å². The highest BCUT2D eigenvalue weighted by molar-refractivity contribution is 9.10. The van der Waals surface area contributed by atoms with Gasteiger partial charge in [0, 0.05) is 11.8 Å². The summed E-state index contributed by atoms with van der Waals surface area (Å²) in [6.45, 7) is 9.84. The molecule has 0 amide bonds.